The minimum Gasteiger partial charge on any atom is -0.468 e. The van der Waals surface area contributed by atoms with Gasteiger partial charge >= 0.3 is 11.9 Å². The molecule has 7 atom stereocenters. The molecule has 0 unspecified atom stereocenters. The zero-order valence-electron chi connectivity index (χ0n) is 31.0. The van der Waals surface area contributed by atoms with Gasteiger partial charge in [-0.2, -0.15) is 0 Å². The Balaban J connectivity index is 1.50. The van der Waals surface area contributed by atoms with E-state index in [2.05, 4.69) is 0 Å². The van der Waals surface area contributed by atoms with E-state index in [-0.39, 0.29) is 26.4 Å². The van der Waals surface area contributed by atoms with Crippen LogP contribution in [0, 0.1) is 11.8 Å². The fraction of sp³-hybridized carbons (Fsp3) is 0.364. The molecule has 10 nitrogen and oxygen atoms in total. The summed E-state index contributed by atoms with van der Waals surface area (Å²) in [6.07, 6.45) is -2.10. The average molecular weight is 739 g/mol. The largest absolute Gasteiger partial charge is 0.468 e. The maximum atomic E-state index is 12.5. The van der Waals surface area contributed by atoms with E-state index in [0.29, 0.717) is 6.61 Å². The van der Waals surface area contributed by atoms with Gasteiger partial charge in [0.05, 0.1) is 47.3 Å². The first-order valence-corrected chi connectivity index (χ1v) is 18.1. The Hall–Kier alpha value is -4.68. The van der Waals surface area contributed by atoms with E-state index in [1.165, 1.54) is 20.3 Å². The van der Waals surface area contributed by atoms with Crippen molar-refractivity contribution in [2.24, 2.45) is 11.8 Å². The van der Waals surface area contributed by atoms with Gasteiger partial charge in [0.2, 0.25) is 0 Å². The lowest BCUT2D eigenvalue weighted by atomic mass is 9.89. The number of rotatable bonds is 19. The van der Waals surface area contributed by atoms with Gasteiger partial charge in [0.15, 0.2) is 5.92 Å². The first-order chi connectivity index (χ1) is 26.4. The van der Waals surface area contributed by atoms with Gasteiger partial charge in [0.1, 0.15) is 36.6 Å². The predicted molar refractivity (Wildman–Crippen MR) is 202 cm³/mol. The summed E-state index contributed by atoms with van der Waals surface area (Å²) >= 11 is 0. The Morgan fingerprint density at radius 3 is 1.46 bits per heavy atom. The van der Waals surface area contributed by atoms with E-state index >= 15 is 0 Å². The molecule has 54 heavy (non-hydrogen) atoms. The summed E-state index contributed by atoms with van der Waals surface area (Å²) in [5.74, 6) is -3.38. The van der Waals surface area contributed by atoms with Crippen LogP contribution in [-0.2, 0) is 69.2 Å². The predicted octanol–water partition coefficient (Wildman–Crippen LogP) is 6.24. The van der Waals surface area contributed by atoms with Crippen molar-refractivity contribution in [3.8, 4) is 0 Å². The van der Waals surface area contributed by atoms with Crippen LogP contribution in [0.5, 0.6) is 0 Å². The van der Waals surface area contributed by atoms with Gasteiger partial charge in [-0.3, -0.25) is 9.59 Å². The third kappa shape index (κ3) is 11.7. The molecule has 286 valence electrons. The number of hydrogen-bond acceptors (Lipinski definition) is 10. The van der Waals surface area contributed by atoms with Crippen LogP contribution in [0.4, 0.5) is 0 Å². The van der Waals surface area contributed by atoms with Crippen LogP contribution in [0.15, 0.2) is 133 Å². The summed E-state index contributed by atoms with van der Waals surface area (Å²) in [5.41, 5.74) is 3.84. The summed E-state index contributed by atoms with van der Waals surface area (Å²) in [5, 5.41) is 11.9. The van der Waals surface area contributed by atoms with Crippen molar-refractivity contribution in [1.82, 2.24) is 0 Å². The molecule has 1 N–H and O–H groups in total. The third-order valence-corrected chi connectivity index (χ3v) is 9.30. The number of ether oxygens (including phenoxy) is 7. The topological polar surface area (TPSA) is 119 Å². The SMILES string of the molecule is COC(=O)C(C(=O)OC)[C@@H](C)/C=C/[C@@H](O)[C@@H]1O[C@H](COCc2ccccc2)[C@@H](OCc2ccccc2)[C@H](OCc2ccccc2)[C@H]1OCc1ccccc1. The van der Waals surface area contributed by atoms with Crippen molar-refractivity contribution in [3.63, 3.8) is 0 Å². The molecule has 4 aromatic carbocycles. The second-order valence-electron chi connectivity index (χ2n) is 13.2. The van der Waals surface area contributed by atoms with Gasteiger partial charge in [-0.25, -0.2) is 0 Å². The van der Waals surface area contributed by atoms with E-state index in [4.69, 9.17) is 33.2 Å². The van der Waals surface area contributed by atoms with Crippen LogP contribution in [0.1, 0.15) is 29.2 Å². The van der Waals surface area contributed by atoms with Gasteiger partial charge in [0.25, 0.3) is 0 Å². The number of methoxy groups -OCH3 is 2. The Labute approximate surface area is 317 Å². The molecule has 4 aromatic rings. The fourth-order valence-electron chi connectivity index (χ4n) is 6.39. The van der Waals surface area contributed by atoms with Crippen molar-refractivity contribution >= 4 is 11.9 Å². The number of carbonyl (C=O) groups excluding carboxylic acids is 2. The Morgan fingerprint density at radius 1 is 0.611 bits per heavy atom. The number of hydrogen-bond donors (Lipinski definition) is 1. The highest BCUT2D eigenvalue weighted by Gasteiger charge is 2.50. The molecule has 0 aliphatic carbocycles. The Morgan fingerprint density at radius 2 is 1.02 bits per heavy atom. The highest BCUT2D eigenvalue weighted by molar-refractivity contribution is 5.95. The molecule has 10 heteroatoms. The quantitative estimate of drug-likeness (QED) is 0.0673. The number of allylic oxidation sites excluding steroid dienone is 1. The first kappa shape index (κ1) is 40.5. The normalized spacial score (nSPS) is 21.1. The van der Waals surface area contributed by atoms with E-state index in [9.17, 15) is 14.7 Å². The average Bonchev–Trinajstić information content (AvgIpc) is 3.22. The summed E-state index contributed by atoms with van der Waals surface area (Å²) in [6, 6.07) is 39.2. The molecule has 5 rings (SSSR count). The molecular formula is C44H50O10. The van der Waals surface area contributed by atoms with E-state index in [1.807, 2.05) is 121 Å². The Kier molecular flexibility index (Phi) is 16.0. The number of carbonyl (C=O) groups is 2. The zero-order valence-corrected chi connectivity index (χ0v) is 31.0. The maximum Gasteiger partial charge on any atom is 0.320 e. The molecule has 0 aromatic heterocycles. The second-order valence-corrected chi connectivity index (χ2v) is 13.2. The van der Waals surface area contributed by atoms with E-state index in [0.717, 1.165) is 22.3 Å². The summed E-state index contributed by atoms with van der Waals surface area (Å²) in [6.45, 7) is 2.86. The van der Waals surface area contributed by atoms with Crippen molar-refractivity contribution < 1.29 is 47.9 Å². The molecule has 0 saturated carbocycles. The molecule has 0 amide bonds. The molecular weight excluding hydrogens is 688 g/mol. The number of aliphatic hydroxyl groups is 1. The van der Waals surface area contributed by atoms with Crippen LogP contribution in [0.25, 0.3) is 0 Å². The maximum absolute atomic E-state index is 12.5. The Bertz CT molecular complexity index is 1690. The number of benzene rings is 4. The van der Waals surface area contributed by atoms with Gasteiger partial charge in [-0.05, 0) is 28.2 Å². The summed E-state index contributed by atoms with van der Waals surface area (Å²) in [4.78, 5) is 25.1. The van der Waals surface area contributed by atoms with Gasteiger partial charge in [-0.15, -0.1) is 0 Å². The molecule has 1 aliphatic heterocycles. The minimum atomic E-state index is -1.27. The summed E-state index contributed by atoms with van der Waals surface area (Å²) in [7, 11) is 2.42. The fourth-order valence-corrected chi connectivity index (χ4v) is 6.39. The molecule has 1 fully saturated rings. The van der Waals surface area contributed by atoms with Gasteiger partial charge in [0, 0.05) is 0 Å². The van der Waals surface area contributed by atoms with Crippen molar-refractivity contribution in [2.75, 3.05) is 20.8 Å². The van der Waals surface area contributed by atoms with Crippen LogP contribution in [-0.4, -0.2) is 74.5 Å². The van der Waals surface area contributed by atoms with Crippen molar-refractivity contribution in [2.45, 2.75) is 70.0 Å². The number of esters is 2. The number of aliphatic hydroxyl groups excluding tert-OH is 1. The molecule has 0 radical (unpaired) electrons. The molecule has 0 bridgehead atoms. The second kappa shape index (κ2) is 21.3. The van der Waals surface area contributed by atoms with Crippen molar-refractivity contribution in [3.05, 3.63) is 156 Å². The lowest BCUT2D eigenvalue weighted by Gasteiger charge is -2.47. The van der Waals surface area contributed by atoms with Crippen LogP contribution in [0.3, 0.4) is 0 Å². The standard InChI is InChI=1S/C44H50O10/c1-31(38(43(46)48-2)44(47)49-3)24-25-36(45)39-41(52-28-34-20-12-6-13-21-34)42(53-29-35-22-14-7-15-23-35)40(51-27-33-18-10-5-11-19-33)37(54-39)30-50-26-32-16-8-4-9-17-32/h4-25,31,36-42,45H,26-30H2,1-3H3/b25-24+/t31-,36+,37+,39-,40+,41-,42-/m0/s1. The minimum absolute atomic E-state index is 0.126. The van der Waals surface area contributed by atoms with E-state index < -0.39 is 60.4 Å². The third-order valence-electron chi connectivity index (χ3n) is 9.30. The molecule has 0 spiro atoms. The van der Waals surface area contributed by atoms with Gasteiger partial charge in [-0.1, -0.05) is 140 Å². The molecule has 1 aliphatic rings. The van der Waals surface area contributed by atoms with Crippen LogP contribution < -0.4 is 0 Å². The molecule has 1 saturated heterocycles. The highest BCUT2D eigenvalue weighted by Crippen LogP contribution is 2.33. The smallest absolute Gasteiger partial charge is 0.320 e. The van der Waals surface area contributed by atoms with Gasteiger partial charge < -0.3 is 38.3 Å². The first-order valence-electron chi connectivity index (χ1n) is 18.1. The lowest BCUT2D eigenvalue weighted by molar-refractivity contribution is -0.283. The van der Waals surface area contributed by atoms with Crippen molar-refractivity contribution in [1.29, 1.82) is 0 Å². The van der Waals surface area contributed by atoms with E-state index in [1.54, 1.807) is 13.0 Å². The van der Waals surface area contributed by atoms with Crippen LogP contribution >= 0.6 is 0 Å². The highest BCUT2D eigenvalue weighted by atomic mass is 16.6. The lowest BCUT2D eigenvalue weighted by Crippen LogP contribution is -2.63. The molecule has 1 heterocycles. The monoisotopic (exact) mass is 738 g/mol. The summed E-state index contributed by atoms with van der Waals surface area (Å²) < 4.78 is 42.9. The zero-order chi connectivity index (χ0) is 38.1. The van der Waals surface area contributed by atoms with Crippen LogP contribution in [0.2, 0.25) is 0 Å².